The number of aromatic amines is 1. The summed E-state index contributed by atoms with van der Waals surface area (Å²) in [5.74, 6) is 0.474. The standard InChI is InChI=1S/C15H13N3OS/c1-10-6-15(18-9-17-10)20-8-14(19)12-7-16-13-5-3-2-4-11(12)13/h2-7,9,16H,8H2,1H3. The molecule has 0 aliphatic heterocycles. The molecule has 0 saturated carbocycles. The molecule has 2 aromatic heterocycles. The summed E-state index contributed by atoms with van der Waals surface area (Å²) >= 11 is 1.43. The van der Waals surface area contributed by atoms with Gasteiger partial charge in [-0.2, -0.15) is 0 Å². The van der Waals surface area contributed by atoms with Crippen molar-refractivity contribution in [2.45, 2.75) is 11.9 Å². The van der Waals surface area contributed by atoms with E-state index < -0.39 is 0 Å². The molecular weight excluding hydrogens is 270 g/mol. The van der Waals surface area contributed by atoms with Crippen LogP contribution < -0.4 is 0 Å². The average molecular weight is 283 g/mol. The minimum Gasteiger partial charge on any atom is -0.360 e. The van der Waals surface area contributed by atoms with Gasteiger partial charge in [0.2, 0.25) is 0 Å². The summed E-state index contributed by atoms with van der Waals surface area (Å²) in [4.78, 5) is 23.6. The van der Waals surface area contributed by atoms with Crippen LogP contribution >= 0.6 is 11.8 Å². The molecule has 0 unspecified atom stereocenters. The Morgan fingerprint density at radius 1 is 1.30 bits per heavy atom. The maximum absolute atomic E-state index is 12.3. The van der Waals surface area contributed by atoms with Crippen LogP contribution in [0, 0.1) is 6.92 Å². The summed E-state index contributed by atoms with van der Waals surface area (Å²) in [6, 6.07) is 9.69. The number of thioether (sulfide) groups is 1. The molecule has 0 atom stereocenters. The van der Waals surface area contributed by atoms with Crippen LogP contribution in [0.5, 0.6) is 0 Å². The summed E-state index contributed by atoms with van der Waals surface area (Å²) in [5, 5.41) is 1.79. The Morgan fingerprint density at radius 3 is 3.00 bits per heavy atom. The molecule has 1 aromatic carbocycles. The van der Waals surface area contributed by atoms with Gasteiger partial charge in [-0.1, -0.05) is 30.0 Å². The third kappa shape index (κ3) is 2.58. The third-order valence-corrected chi connectivity index (χ3v) is 3.95. The van der Waals surface area contributed by atoms with E-state index in [1.165, 1.54) is 18.1 Å². The number of carbonyl (C=O) groups is 1. The zero-order valence-corrected chi connectivity index (χ0v) is 11.8. The van der Waals surface area contributed by atoms with E-state index >= 15 is 0 Å². The van der Waals surface area contributed by atoms with E-state index in [0.29, 0.717) is 5.75 Å². The molecular formula is C15H13N3OS. The fourth-order valence-electron chi connectivity index (χ4n) is 2.03. The third-order valence-electron chi connectivity index (χ3n) is 3.02. The summed E-state index contributed by atoms with van der Waals surface area (Å²) in [6.45, 7) is 1.91. The number of rotatable bonds is 4. The van der Waals surface area contributed by atoms with Crippen molar-refractivity contribution in [3.05, 3.63) is 54.1 Å². The fourth-order valence-corrected chi connectivity index (χ4v) is 2.84. The molecule has 4 nitrogen and oxygen atoms in total. The Balaban J connectivity index is 1.76. The number of nitrogens with one attached hydrogen (secondary N) is 1. The van der Waals surface area contributed by atoms with E-state index in [4.69, 9.17) is 0 Å². The van der Waals surface area contributed by atoms with E-state index in [-0.39, 0.29) is 5.78 Å². The predicted octanol–water partition coefficient (Wildman–Crippen LogP) is 3.24. The molecule has 0 spiro atoms. The van der Waals surface area contributed by atoms with Gasteiger partial charge in [0.15, 0.2) is 5.78 Å². The maximum atomic E-state index is 12.3. The van der Waals surface area contributed by atoms with Crippen molar-refractivity contribution < 1.29 is 4.79 Å². The monoisotopic (exact) mass is 283 g/mol. The fraction of sp³-hybridized carbons (Fsp3) is 0.133. The van der Waals surface area contributed by atoms with Crippen LogP contribution in [0.3, 0.4) is 0 Å². The van der Waals surface area contributed by atoms with Crippen LogP contribution in [0.4, 0.5) is 0 Å². The topological polar surface area (TPSA) is 58.6 Å². The van der Waals surface area contributed by atoms with Crippen molar-refractivity contribution in [3.8, 4) is 0 Å². The molecule has 20 heavy (non-hydrogen) atoms. The Bertz CT molecular complexity index is 766. The molecule has 0 radical (unpaired) electrons. The molecule has 0 aliphatic carbocycles. The minimum atomic E-state index is 0.101. The van der Waals surface area contributed by atoms with Gasteiger partial charge < -0.3 is 4.98 Å². The maximum Gasteiger partial charge on any atom is 0.175 e. The normalized spacial score (nSPS) is 10.8. The van der Waals surface area contributed by atoms with E-state index in [0.717, 1.165) is 27.2 Å². The Labute approximate surface area is 120 Å². The van der Waals surface area contributed by atoms with Gasteiger partial charge in [-0.3, -0.25) is 4.79 Å². The first-order valence-electron chi connectivity index (χ1n) is 6.25. The van der Waals surface area contributed by atoms with Crippen LogP contribution in [-0.4, -0.2) is 26.5 Å². The smallest absolute Gasteiger partial charge is 0.175 e. The summed E-state index contributed by atoms with van der Waals surface area (Å²) < 4.78 is 0. The van der Waals surface area contributed by atoms with E-state index in [1.807, 2.05) is 37.3 Å². The zero-order chi connectivity index (χ0) is 13.9. The van der Waals surface area contributed by atoms with Crippen molar-refractivity contribution >= 4 is 28.4 Å². The number of ketones is 1. The van der Waals surface area contributed by atoms with E-state index in [9.17, 15) is 4.79 Å². The number of aromatic nitrogens is 3. The molecule has 0 amide bonds. The lowest BCUT2D eigenvalue weighted by Crippen LogP contribution is -2.01. The second kappa shape index (κ2) is 5.46. The van der Waals surface area contributed by atoms with E-state index in [2.05, 4.69) is 15.0 Å². The first kappa shape index (κ1) is 12.9. The minimum absolute atomic E-state index is 0.101. The highest BCUT2D eigenvalue weighted by Crippen LogP contribution is 2.22. The highest BCUT2D eigenvalue weighted by atomic mass is 32.2. The summed E-state index contributed by atoms with van der Waals surface area (Å²) in [6.07, 6.45) is 3.30. The largest absolute Gasteiger partial charge is 0.360 e. The molecule has 0 aliphatic rings. The van der Waals surface area contributed by atoms with Crippen molar-refractivity contribution in [2.24, 2.45) is 0 Å². The highest BCUT2D eigenvalue weighted by Gasteiger charge is 2.12. The molecule has 0 fully saturated rings. The first-order chi connectivity index (χ1) is 9.74. The molecule has 3 aromatic rings. The Kier molecular flexibility index (Phi) is 3.52. The summed E-state index contributed by atoms with van der Waals surface area (Å²) in [7, 11) is 0. The number of fused-ring (bicyclic) bond motifs is 1. The van der Waals surface area contributed by atoms with E-state index in [1.54, 1.807) is 6.20 Å². The number of H-pyrrole nitrogens is 1. The van der Waals surface area contributed by atoms with Gasteiger partial charge in [0, 0.05) is 28.4 Å². The van der Waals surface area contributed by atoms with Gasteiger partial charge >= 0.3 is 0 Å². The van der Waals surface area contributed by atoms with Gasteiger partial charge in [-0.25, -0.2) is 9.97 Å². The lowest BCUT2D eigenvalue weighted by atomic mass is 10.1. The lowest BCUT2D eigenvalue weighted by molar-refractivity contribution is 0.102. The molecule has 100 valence electrons. The van der Waals surface area contributed by atoms with Crippen molar-refractivity contribution in [1.82, 2.24) is 15.0 Å². The number of benzene rings is 1. The van der Waals surface area contributed by atoms with Crippen LogP contribution in [-0.2, 0) is 0 Å². The van der Waals surface area contributed by atoms with Crippen molar-refractivity contribution in [2.75, 3.05) is 5.75 Å². The van der Waals surface area contributed by atoms with Crippen molar-refractivity contribution in [1.29, 1.82) is 0 Å². The number of carbonyl (C=O) groups excluding carboxylic acids is 1. The van der Waals surface area contributed by atoms with Gasteiger partial charge in [0.05, 0.1) is 5.75 Å². The number of aryl methyl sites for hydroxylation is 1. The van der Waals surface area contributed by atoms with Gasteiger partial charge in [-0.15, -0.1) is 0 Å². The number of nitrogens with zero attached hydrogens (tertiary/aromatic N) is 2. The number of para-hydroxylation sites is 1. The zero-order valence-electron chi connectivity index (χ0n) is 11.0. The molecule has 0 bridgehead atoms. The van der Waals surface area contributed by atoms with Gasteiger partial charge in [0.1, 0.15) is 11.4 Å². The van der Waals surface area contributed by atoms with Gasteiger partial charge in [0.25, 0.3) is 0 Å². The molecule has 3 rings (SSSR count). The molecule has 0 saturated heterocycles. The Morgan fingerprint density at radius 2 is 2.15 bits per heavy atom. The van der Waals surface area contributed by atoms with Crippen molar-refractivity contribution in [3.63, 3.8) is 0 Å². The second-order valence-corrected chi connectivity index (χ2v) is 5.45. The average Bonchev–Trinajstić information content (AvgIpc) is 2.89. The molecule has 1 N–H and O–H groups in total. The number of Topliss-reactive ketones (excluding diaryl/α,β-unsaturated/α-hetero) is 1. The van der Waals surface area contributed by atoms with Crippen LogP contribution in [0.1, 0.15) is 16.1 Å². The number of hydrogen-bond donors (Lipinski definition) is 1. The lowest BCUT2D eigenvalue weighted by Gasteiger charge is -2.00. The Hall–Kier alpha value is -2.14. The SMILES string of the molecule is Cc1cc(SCC(=O)c2c[nH]c3ccccc23)ncn1. The predicted molar refractivity (Wildman–Crippen MR) is 80.1 cm³/mol. The van der Waals surface area contributed by atoms with Crippen LogP contribution in [0.2, 0.25) is 0 Å². The quantitative estimate of drug-likeness (QED) is 0.453. The molecule has 2 heterocycles. The van der Waals surface area contributed by atoms with Gasteiger partial charge in [-0.05, 0) is 19.1 Å². The number of hydrogen-bond acceptors (Lipinski definition) is 4. The second-order valence-electron chi connectivity index (χ2n) is 4.46. The van der Waals surface area contributed by atoms with Crippen LogP contribution in [0.15, 0.2) is 47.9 Å². The molecule has 5 heteroatoms. The highest BCUT2D eigenvalue weighted by molar-refractivity contribution is 7.99. The first-order valence-corrected chi connectivity index (χ1v) is 7.23. The van der Waals surface area contributed by atoms with Crippen LogP contribution in [0.25, 0.3) is 10.9 Å². The summed E-state index contributed by atoms with van der Waals surface area (Å²) in [5.41, 5.74) is 2.62.